The van der Waals surface area contributed by atoms with Gasteiger partial charge in [-0.05, 0) is 36.3 Å². The van der Waals surface area contributed by atoms with E-state index in [2.05, 4.69) is 25.6 Å². The summed E-state index contributed by atoms with van der Waals surface area (Å²) in [5, 5.41) is 14.9. The molecule has 0 radical (unpaired) electrons. The number of hydrogen-bond donors (Lipinski definition) is 3. The van der Waals surface area contributed by atoms with Crippen molar-refractivity contribution in [3.05, 3.63) is 90.0 Å². The predicted molar refractivity (Wildman–Crippen MR) is 154 cm³/mol. The molecule has 222 valence electrons. The van der Waals surface area contributed by atoms with Crippen LogP contribution in [-0.2, 0) is 18.9 Å². The van der Waals surface area contributed by atoms with Gasteiger partial charge in [0.05, 0.1) is 11.9 Å². The monoisotopic (exact) mass is 586 g/mol. The van der Waals surface area contributed by atoms with Gasteiger partial charge in [-0.15, -0.1) is 0 Å². The fraction of sp³-hybridized carbons (Fsp3) is 0.300. The van der Waals surface area contributed by atoms with Gasteiger partial charge in [-0.3, -0.25) is 9.88 Å². The van der Waals surface area contributed by atoms with Crippen LogP contribution in [0.5, 0.6) is 0 Å². The number of nitrogens with zero attached hydrogens (tertiary/aromatic N) is 4. The number of urea groups is 1. The molecule has 43 heavy (non-hydrogen) atoms. The Morgan fingerprint density at radius 1 is 1.07 bits per heavy atom. The molecule has 4 aromatic rings. The highest BCUT2D eigenvalue weighted by Crippen LogP contribution is 2.45. The number of aromatic carboxylic acids is 1. The number of hydrogen-bond acceptors (Lipinski definition) is 9. The third-order valence-electron chi connectivity index (χ3n) is 7.27. The van der Waals surface area contributed by atoms with Crippen LogP contribution in [0.4, 0.5) is 10.6 Å². The summed E-state index contributed by atoms with van der Waals surface area (Å²) in [6, 6.07) is 15.9. The van der Waals surface area contributed by atoms with E-state index in [-0.39, 0.29) is 11.4 Å². The Hall–Kier alpha value is -4.69. The Morgan fingerprint density at radius 2 is 1.88 bits per heavy atom. The Balaban J connectivity index is 1.35. The maximum absolute atomic E-state index is 12.2. The quantitative estimate of drug-likeness (QED) is 0.263. The second kappa shape index (κ2) is 12.3. The van der Waals surface area contributed by atoms with Gasteiger partial charge in [0, 0.05) is 13.7 Å². The van der Waals surface area contributed by atoms with Crippen LogP contribution in [0.25, 0.3) is 17.2 Å². The zero-order valence-corrected chi connectivity index (χ0v) is 23.4. The number of aromatic nitrogens is 4. The number of carboxylic acids is 1. The fourth-order valence-corrected chi connectivity index (χ4v) is 5.37. The lowest BCUT2D eigenvalue weighted by Gasteiger charge is -2.26. The SMILES string of the molecule is CCNC(=O)Nc1ncnc2c1ncn2C1OC(C(OC)c2cccc(C(=O)O)c2)C2OC(/C=C/c3ccccc3)OC21. The van der Waals surface area contributed by atoms with E-state index in [0.717, 1.165) is 5.56 Å². The molecule has 6 atom stereocenters. The van der Waals surface area contributed by atoms with E-state index in [1.54, 1.807) is 29.1 Å². The first-order valence-electron chi connectivity index (χ1n) is 13.7. The smallest absolute Gasteiger partial charge is 0.335 e. The van der Waals surface area contributed by atoms with E-state index in [1.165, 1.54) is 19.5 Å². The Labute approximate surface area is 246 Å². The summed E-state index contributed by atoms with van der Waals surface area (Å²) in [6.07, 6.45) is 2.62. The van der Waals surface area contributed by atoms with Crippen LogP contribution in [0.15, 0.2) is 73.3 Å². The topological polar surface area (TPSA) is 159 Å². The fourth-order valence-electron chi connectivity index (χ4n) is 5.37. The lowest BCUT2D eigenvalue weighted by Crippen LogP contribution is -2.34. The maximum atomic E-state index is 12.2. The van der Waals surface area contributed by atoms with Gasteiger partial charge in [0.2, 0.25) is 0 Å². The van der Waals surface area contributed by atoms with Crippen LogP contribution in [0.2, 0.25) is 0 Å². The van der Waals surface area contributed by atoms with Gasteiger partial charge in [0.15, 0.2) is 29.5 Å². The number of carbonyl (C=O) groups excluding carboxylic acids is 1. The van der Waals surface area contributed by atoms with E-state index >= 15 is 0 Å². The van der Waals surface area contributed by atoms with E-state index in [4.69, 9.17) is 18.9 Å². The Bertz CT molecular complexity index is 1640. The molecule has 2 aliphatic heterocycles. The van der Waals surface area contributed by atoms with Gasteiger partial charge in [0.1, 0.15) is 30.7 Å². The average molecular weight is 587 g/mol. The molecule has 2 amide bonds. The van der Waals surface area contributed by atoms with Crippen LogP contribution >= 0.6 is 0 Å². The zero-order valence-electron chi connectivity index (χ0n) is 23.4. The number of carbonyl (C=O) groups is 2. The number of anilines is 1. The molecule has 6 unspecified atom stereocenters. The highest BCUT2D eigenvalue weighted by atomic mass is 16.8. The second-order valence-electron chi connectivity index (χ2n) is 9.95. The molecule has 13 nitrogen and oxygen atoms in total. The summed E-state index contributed by atoms with van der Waals surface area (Å²) in [6.45, 7) is 2.26. The van der Waals surface area contributed by atoms with Crippen molar-refractivity contribution in [2.24, 2.45) is 0 Å². The second-order valence-corrected chi connectivity index (χ2v) is 9.95. The minimum Gasteiger partial charge on any atom is -0.478 e. The Kier molecular flexibility index (Phi) is 8.11. The molecule has 0 aliphatic carbocycles. The number of rotatable bonds is 9. The van der Waals surface area contributed by atoms with E-state index in [0.29, 0.717) is 23.3 Å². The normalized spacial score (nSPS) is 23.8. The molecule has 2 aromatic heterocycles. The molecule has 4 heterocycles. The minimum absolute atomic E-state index is 0.127. The summed E-state index contributed by atoms with van der Waals surface area (Å²) >= 11 is 0. The van der Waals surface area contributed by atoms with Gasteiger partial charge in [0.25, 0.3) is 0 Å². The van der Waals surface area contributed by atoms with Crippen LogP contribution in [0, 0.1) is 0 Å². The van der Waals surface area contributed by atoms with Crippen molar-refractivity contribution < 1.29 is 33.6 Å². The standard InChI is InChI=1S/C30H30N6O7/c1-3-31-30(39)35-26-21-27(33-15-32-26)36(16-34-21)28-25-24(41-20(42-25)13-12-17-8-5-4-6-9-17)23(43-28)22(40-2)18-10-7-11-19(14-18)29(37)38/h4-16,20,22-25,28H,3H2,1-2H3,(H,37,38)(H2,31,32,33,35,39)/b13-12+. The number of nitrogens with one attached hydrogen (secondary N) is 2. The molecule has 2 saturated heterocycles. The van der Waals surface area contributed by atoms with Gasteiger partial charge in [-0.2, -0.15) is 0 Å². The summed E-state index contributed by atoms with van der Waals surface area (Å²) in [4.78, 5) is 36.9. The van der Waals surface area contributed by atoms with Crippen molar-refractivity contribution in [2.45, 2.75) is 43.9 Å². The molecule has 0 spiro atoms. The number of methoxy groups -OCH3 is 1. The van der Waals surface area contributed by atoms with E-state index in [1.807, 2.05) is 49.4 Å². The average Bonchev–Trinajstić information content (AvgIpc) is 3.72. The van der Waals surface area contributed by atoms with Gasteiger partial charge in [-0.25, -0.2) is 24.5 Å². The number of fused-ring (bicyclic) bond motifs is 2. The Morgan fingerprint density at radius 3 is 2.65 bits per heavy atom. The number of carboxylic acid groups (broad SMARTS) is 1. The van der Waals surface area contributed by atoms with Crippen molar-refractivity contribution in [1.29, 1.82) is 0 Å². The largest absolute Gasteiger partial charge is 0.478 e. The molecule has 2 aliphatic rings. The van der Waals surface area contributed by atoms with E-state index < -0.39 is 48.9 Å². The number of imidazole rings is 1. The number of ether oxygens (including phenoxy) is 4. The van der Waals surface area contributed by atoms with Crippen molar-refractivity contribution >= 4 is 35.1 Å². The summed E-state index contributed by atoms with van der Waals surface area (Å²) in [7, 11) is 1.53. The summed E-state index contributed by atoms with van der Waals surface area (Å²) in [5.74, 6) is -0.804. The van der Waals surface area contributed by atoms with Crippen LogP contribution in [0.3, 0.4) is 0 Å². The first-order chi connectivity index (χ1) is 21.0. The molecule has 3 N–H and O–H groups in total. The van der Waals surface area contributed by atoms with Crippen molar-refractivity contribution in [1.82, 2.24) is 24.8 Å². The zero-order chi connectivity index (χ0) is 29.9. The third-order valence-corrected chi connectivity index (χ3v) is 7.27. The molecule has 13 heteroatoms. The molecule has 0 bridgehead atoms. The maximum Gasteiger partial charge on any atom is 0.335 e. The lowest BCUT2D eigenvalue weighted by molar-refractivity contribution is -0.154. The number of amides is 2. The third kappa shape index (κ3) is 5.70. The number of benzene rings is 2. The molecular weight excluding hydrogens is 556 g/mol. The highest BCUT2D eigenvalue weighted by molar-refractivity contribution is 5.95. The predicted octanol–water partition coefficient (Wildman–Crippen LogP) is 3.77. The lowest BCUT2D eigenvalue weighted by atomic mass is 9.97. The van der Waals surface area contributed by atoms with Gasteiger partial charge in [-0.1, -0.05) is 48.5 Å². The summed E-state index contributed by atoms with van der Waals surface area (Å²) < 4.78 is 26.9. The van der Waals surface area contributed by atoms with Crippen LogP contribution < -0.4 is 10.6 Å². The highest BCUT2D eigenvalue weighted by Gasteiger charge is 2.56. The van der Waals surface area contributed by atoms with Crippen molar-refractivity contribution in [2.75, 3.05) is 19.0 Å². The molecular formula is C30H30N6O7. The molecule has 0 saturated carbocycles. The van der Waals surface area contributed by atoms with Crippen LogP contribution in [-0.4, -0.2) is 74.9 Å². The van der Waals surface area contributed by atoms with Crippen molar-refractivity contribution in [3.63, 3.8) is 0 Å². The first-order valence-corrected chi connectivity index (χ1v) is 13.7. The minimum atomic E-state index is -1.05. The first kappa shape index (κ1) is 28.4. The van der Waals surface area contributed by atoms with Gasteiger partial charge >= 0.3 is 12.0 Å². The summed E-state index contributed by atoms with van der Waals surface area (Å²) in [5.41, 5.74) is 2.52. The molecule has 6 rings (SSSR count). The van der Waals surface area contributed by atoms with Gasteiger partial charge < -0.3 is 29.4 Å². The molecule has 2 fully saturated rings. The van der Waals surface area contributed by atoms with Crippen molar-refractivity contribution in [3.8, 4) is 0 Å². The van der Waals surface area contributed by atoms with Crippen LogP contribution in [0.1, 0.15) is 40.7 Å². The molecule has 2 aromatic carbocycles. The van der Waals surface area contributed by atoms with E-state index in [9.17, 15) is 14.7 Å².